The topological polar surface area (TPSA) is 32.8 Å². The van der Waals surface area contributed by atoms with Crippen LogP contribution in [-0.2, 0) is 9.53 Å². The molecule has 0 radical (unpaired) electrons. The highest BCUT2D eigenvalue weighted by atomic mass is 16.5. The first kappa shape index (κ1) is 16.3. The molecule has 1 aromatic carbocycles. The molecule has 0 saturated carbocycles. The first-order chi connectivity index (χ1) is 11.1. The molecule has 0 unspecified atom stereocenters. The Morgan fingerprint density at radius 3 is 2.91 bits per heavy atom. The summed E-state index contributed by atoms with van der Waals surface area (Å²) in [6.45, 7) is 1.75. The molecule has 0 N–H and O–H groups in total. The maximum atomic E-state index is 12.7. The highest BCUT2D eigenvalue weighted by Crippen LogP contribution is 2.34. The molecule has 1 amide bonds. The summed E-state index contributed by atoms with van der Waals surface area (Å²) in [7, 11) is 4.11. The van der Waals surface area contributed by atoms with E-state index in [2.05, 4.69) is 48.2 Å². The maximum absolute atomic E-state index is 12.7. The fourth-order valence-electron chi connectivity index (χ4n) is 3.72. The standard InChI is InChI=1S/C19H28N2O2/c1-20(2)16-7-3-6-15(14-16)18-9-4-12-21(18)19(22)11-10-17-8-5-13-23-17/h3,6-7,14,17-18H,4-5,8-13H2,1-2H3/t17-,18+/m0/s1. The number of hydrogen-bond donors (Lipinski definition) is 0. The van der Waals surface area contributed by atoms with Crippen LogP contribution >= 0.6 is 0 Å². The van der Waals surface area contributed by atoms with E-state index in [9.17, 15) is 4.79 Å². The van der Waals surface area contributed by atoms with Gasteiger partial charge in [-0.25, -0.2) is 0 Å². The van der Waals surface area contributed by atoms with Crippen LogP contribution in [0.1, 0.15) is 50.1 Å². The molecule has 3 rings (SSSR count). The molecular formula is C19H28N2O2. The minimum Gasteiger partial charge on any atom is -0.378 e. The minimum atomic E-state index is 0.242. The van der Waals surface area contributed by atoms with Crippen LogP contribution in [0.5, 0.6) is 0 Å². The number of benzene rings is 1. The van der Waals surface area contributed by atoms with Crippen molar-refractivity contribution in [1.29, 1.82) is 0 Å². The van der Waals surface area contributed by atoms with E-state index in [1.54, 1.807) is 0 Å². The lowest BCUT2D eigenvalue weighted by Gasteiger charge is -2.26. The Labute approximate surface area is 139 Å². The molecule has 2 aliphatic heterocycles. The first-order valence-electron chi connectivity index (χ1n) is 8.83. The summed E-state index contributed by atoms with van der Waals surface area (Å²) in [5, 5.41) is 0. The molecule has 2 atom stereocenters. The third-order valence-electron chi connectivity index (χ3n) is 5.05. The van der Waals surface area contributed by atoms with Gasteiger partial charge in [0.1, 0.15) is 0 Å². The molecule has 4 heteroatoms. The van der Waals surface area contributed by atoms with E-state index < -0.39 is 0 Å². The predicted octanol–water partition coefficient (Wildman–Crippen LogP) is 3.38. The summed E-state index contributed by atoms with van der Waals surface area (Å²) < 4.78 is 5.64. The molecule has 0 aliphatic carbocycles. The van der Waals surface area contributed by atoms with Gasteiger partial charge in [-0.05, 0) is 49.8 Å². The van der Waals surface area contributed by atoms with Gasteiger partial charge in [0.05, 0.1) is 12.1 Å². The van der Waals surface area contributed by atoms with E-state index in [0.29, 0.717) is 18.4 Å². The Morgan fingerprint density at radius 1 is 1.30 bits per heavy atom. The molecule has 0 spiro atoms. The Kier molecular flexibility index (Phi) is 5.21. The van der Waals surface area contributed by atoms with Crippen molar-refractivity contribution in [3.8, 4) is 0 Å². The van der Waals surface area contributed by atoms with Crippen molar-refractivity contribution in [1.82, 2.24) is 4.90 Å². The molecule has 0 aromatic heterocycles. The lowest BCUT2D eigenvalue weighted by molar-refractivity contribution is -0.132. The largest absolute Gasteiger partial charge is 0.378 e. The summed E-state index contributed by atoms with van der Waals surface area (Å²) >= 11 is 0. The van der Waals surface area contributed by atoms with Gasteiger partial charge in [0.15, 0.2) is 0 Å². The first-order valence-corrected chi connectivity index (χ1v) is 8.83. The molecule has 2 fully saturated rings. The van der Waals surface area contributed by atoms with E-state index in [4.69, 9.17) is 4.74 Å². The van der Waals surface area contributed by atoms with E-state index >= 15 is 0 Å². The molecule has 2 saturated heterocycles. The molecule has 2 heterocycles. The number of nitrogens with zero attached hydrogens (tertiary/aromatic N) is 2. The zero-order chi connectivity index (χ0) is 16.2. The van der Waals surface area contributed by atoms with Crippen molar-refractivity contribution in [2.45, 2.75) is 50.7 Å². The zero-order valence-corrected chi connectivity index (χ0v) is 14.3. The molecule has 1 aromatic rings. The van der Waals surface area contributed by atoms with Gasteiger partial charge in [-0.1, -0.05) is 12.1 Å². The highest BCUT2D eigenvalue weighted by molar-refractivity contribution is 5.77. The Morgan fingerprint density at radius 2 is 2.17 bits per heavy atom. The Bertz CT molecular complexity index is 538. The number of ether oxygens (including phenoxy) is 1. The van der Waals surface area contributed by atoms with Crippen molar-refractivity contribution in [2.75, 3.05) is 32.1 Å². The fourth-order valence-corrected chi connectivity index (χ4v) is 3.72. The van der Waals surface area contributed by atoms with Crippen molar-refractivity contribution in [3.05, 3.63) is 29.8 Å². The summed E-state index contributed by atoms with van der Waals surface area (Å²) in [5.74, 6) is 0.290. The quantitative estimate of drug-likeness (QED) is 0.835. The van der Waals surface area contributed by atoms with Gasteiger partial charge in [-0.15, -0.1) is 0 Å². The lowest BCUT2D eigenvalue weighted by Crippen LogP contribution is -2.31. The normalized spacial score (nSPS) is 24.2. The number of amides is 1. The average molecular weight is 316 g/mol. The second-order valence-corrected chi connectivity index (χ2v) is 6.91. The van der Waals surface area contributed by atoms with Crippen LogP contribution in [0, 0.1) is 0 Å². The number of carbonyl (C=O) groups excluding carboxylic acids is 1. The fraction of sp³-hybridized carbons (Fsp3) is 0.632. The Hall–Kier alpha value is -1.55. The number of carbonyl (C=O) groups is 1. The number of anilines is 1. The SMILES string of the molecule is CN(C)c1cccc([C@H]2CCCN2C(=O)CC[C@@H]2CCCO2)c1. The molecule has 4 nitrogen and oxygen atoms in total. The highest BCUT2D eigenvalue weighted by Gasteiger charge is 2.30. The number of rotatable bonds is 5. The summed E-state index contributed by atoms with van der Waals surface area (Å²) in [6.07, 6.45) is 6.22. The van der Waals surface area contributed by atoms with Gasteiger partial charge in [0, 0.05) is 39.4 Å². The van der Waals surface area contributed by atoms with Crippen molar-refractivity contribution in [2.24, 2.45) is 0 Å². The summed E-state index contributed by atoms with van der Waals surface area (Å²) in [4.78, 5) is 16.9. The van der Waals surface area contributed by atoms with Gasteiger partial charge >= 0.3 is 0 Å². The molecule has 2 aliphatic rings. The van der Waals surface area contributed by atoms with Gasteiger partial charge in [-0.3, -0.25) is 4.79 Å². The van der Waals surface area contributed by atoms with Crippen LogP contribution in [0.15, 0.2) is 24.3 Å². The van der Waals surface area contributed by atoms with Crippen molar-refractivity contribution >= 4 is 11.6 Å². The van der Waals surface area contributed by atoms with E-state index in [0.717, 1.165) is 45.3 Å². The average Bonchev–Trinajstić information content (AvgIpc) is 3.24. The van der Waals surface area contributed by atoms with Gasteiger partial charge in [0.2, 0.25) is 5.91 Å². The van der Waals surface area contributed by atoms with Gasteiger partial charge in [0.25, 0.3) is 0 Å². The minimum absolute atomic E-state index is 0.242. The molecule has 126 valence electrons. The van der Waals surface area contributed by atoms with Crippen molar-refractivity contribution in [3.63, 3.8) is 0 Å². The molecular weight excluding hydrogens is 288 g/mol. The van der Waals surface area contributed by atoms with Crippen molar-refractivity contribution < 1.29 is 9.53 Å². The monoisotopic (exact) mass is 316 g/mol. The van der Waals surface area contributed by atoms with Crippen LogP contribution in [0.2, 0.25) is 0 Å². The van der Waals surface area contributed by atoms with Crippen LogP contribution in [0.3, 0.4) is 0 Å². The second kappa shape index (κ2) is 7.35. The van der Waals surface area contributed by atoms with Crippen LogP contribution < -0.4 is 4.90 Å². The maximum Gasteiger partial charge on any atom is 0.223 e. The number of hydrogen-bond acceptors (Lipinski definition) is 3. The van der Waals surface area contributed by atoms with Crippen LogP contribution in [-0.4, -0.2) is 44.2 Å². The van der Waals surface area contributed by atoms with Gasteiger partial charge < -0.3 is 14.5 Å². The third-order valence-corrected chi connectivity index (χ3v) is 5.05. The summed E-state index contributed by atoms with van der Waals surface area (Å²) in [6, 6.07) is 8.83. The van der Waals surface area contributed by atoms with E-state index in [1.807, 2.05) is 0 Å². The van der Waals surface area contributed by atoms with Gasteiger partial charge in [-0.2, -0.15) is 0 Å². The molecule has 0 bridgehead atoms. The van der Waals surface area contributed by atoms with Crippen LogP contribution in [0.25, 0.3) is 0 Å². The number of likely N-dealkylation sites (tertiary alicyclic amines) is 1. The smallest absolute Gasteiger partial charge is 0.223 e. The van der Waals surface area contributed by atoms with E-state index in [1.165, 1.54) is 11.3 Å². The molecule has 23 heavy (non-hydrogen) atoms. The predicted molar refractivity (Wildman–Crippen MR) is 92.7 cm³/mol. The third kappa shape index (κ3) is 3.86. The van der Waals surface area contributed by atoms with Crippen LogP contribution in [0.4, 0.5) is 5.69 Å². The lowest BCUT2D eigenvalue weighted by atomic mass is 10.0. The summed E-state index contributed by atoms with van der Waals surface area (Å²) in [5.41, 5.74) is 2.46. The van der Waals surface area contributed by atoms with E-state index in [-0.39, 0.29) is 6.04 Å². The Balaban J connectivity index is 1.64. The second-order valence-electron chi connectivity index (χ2n) is 6.91. The zero-order valence-electron chi connectivity index (χ0n) is 14.3.